The fourth-order valence-electron chi connectivity index (χ4n) is 1.85. The molecule has 0 spiro atoms. The second kappa shape index (κ2) is 7.21. The summed E-state index contributed by atoms with van der Waals surface area (Å²) in [7, 11) is 4.20. The molecule has 0 saturated heterocycles. The van der Waals surface area contributed by atoms with Crippen LogP contribution in [0.5, 0.6) is 0 Å². The van der Waals surface area contributed by atoms with E-state index in [1.54, 1.807) is 0 Å². The predicted octanol–water partition coefficient (Wildman–Crippen LogP) is 2.51. The number of pyridine rings is 1. The maximum absolute atomic E-state index is 4.26. The molecule has 0 saturated carbocycles. The number of rotatable bonds is 7. The topological polar surface area (TPSA) is 40.2 Å². The van der Waals surface area contributed by atoms with Crippen molar-refractivity contribution in [3.63, 3.8) is 0 Å². The molecule has 1 unspecified atom stereocenters. The highest BCUT2D eigenvalue weighted by molar-refractivity contribution is 5.54. The first-order chi connectivity index (χ1) is 8.52. The van der Waals surface area contributed by atoms with Crippen LogP contribution in [0.3, 0.4) is 0 Å². The van der Waals surface area contributed by atoms with Crippen molar-refractivity contribution in [1.82, 2.24) is 9.88 Å². The van der Waals surface area contributed by atoms with Gasteiger partial charge in [0.05, 0.1) is 23.8 Å². The van der Waals surface area contributed by atoms with Gasteiger partial charge in [-0.1, -0.05) is 13.8 Å². The molecule has 18 heavy (non-hydrogen) atoms. The summed E-state index contributed by atoms with van der Waals surface area (Å²) in [5, 5.41) is 6.84. The van der Waals surface area contributed by atoms with Crippen LogP contribution in [0.4, 0.5) is 11.4 Å². The van der Waals surface area contributed by atoms with Crippen LogP contribution >= 0.6 is 0 Å². The Labute approximate surface area is 111 Å². The van der Waals surface area contributed by atoms with E-state index in [2.05, 4.69) is 61.5 Å². The summed E-state index contributed by atoms with van der Waals surface area (Å²) in [5.74, 6) is 0.579. The highest BCUT2D eigenvalue weighted by atomic mass is 15.1. The van der Waals surface area contributed by atoms with Gasteiger partial charge in [0.15, 0.2) is 0 Å². The van der Waals surface area contributed by atoms with E-state index in [-0.39, 0.29) is 0 Å². The molecule has 4 nitrogen and oxygen atoms in total. The summed E-state index contributed by atoms with van der Waals surface area (Å²) in [6.07, 6.45) is 3.73. The van der Waals surface area contributed by atoms with Crippen molar-refractivity contribution in [2.24, 2.45) is 5.92 Å². The van der Waals surface area contributed by atoms with E-state index in [1.807, 2.05) is 12.4 Å². The molecule has 1 atom stereocenters. The summed E-state index contributed by atoms with van der Waals surface area (Å²) >= 11 is 0. The number of nitrogens with one attached hydrogen (secondary N) is 2. The van der Waals surface area contributed by atoms with Gasteiger partial charge < -0.3 is 15.5 Å². The molecule has 0 aromatic carbocycles. The monoisotopic (exact) mass is 250 g/mol. The number of likely N-dealkylation sites (N-methyl/N-ethyl adjacent to an activating group) is 1. The molecule has 4 heteroatoms. The molecule has 0 aliphatic rings. The normalized spacial score (nSPS) is 12.8. The van der Waals surface area contributed by atoms with E-state index in [1.165, 1.54) is 0 Å². The molecular formula is C14H26N4. The quantitative estimate of drug-likeness (QED) is 0.780. The van der Waals surface area contributed by atoms with E-state index in [4.69, 9.17) is 0 Å². The zero-order chi connectivity index (χ0) is 13.5. The van der Waals surface area contributed by atoms with Gasteiger partial charge in [-0.15, -0.1) is 0 Å². The van der Waals surface area contributed by atoms with Crippen molar-refractivity contribution in [2.75, 3.05) is 37.8 Å². The minimum absolute atomic E-state index is 0.429. The molecular weight excluding hydrogens is 224 g/mol. The Morgan fingerprint density at radius 3 is 2.44 bits per heavy atom. The zero-order valence-electron chi connectivity index (χ0n) is 12.2. The van der Waals surface area contributed by atoms with E-state index in [9.17, 15) is 0 Å². The zero-order valence-corrected chi connectivity index (χ0v) is 12.2. The lowest BCUT2D eigenvalue weighted by Gasteiger charge is -2.26. The summed E-state index contributed by atoms with van der Waals surface area (Å²) in [4.78, 5) is 6.46. The van der Waals surface area contributed by atoms with Crippen molar-refractivity contribution in [2.45, 2.75) is 26.8 Å². The highest BCUT2D eigenvalue weighted by Gasteiger charge is 2.14. The summed E-state index contributed by atoms with van der Waals surface area (Å²) < 4.78 is 0. The van der Waals surface area contributed by atoms with Gasteiger partial charge in [0.2, 0.25) is 0 Å². The minimum atomic E-state index is 0.429. The Kier molecular flexibility index (Phi) is 5.92. The first-order valence-corrected chi connectivity index (χ1v) is 6.63. The van der Waals surface area contributed by atoms with Crippen LogP contribution in [-0.2, 0) is 0 Å². The SMILES string of the molecule is CCNc1cncc(NC(CN(C)C)C(C)C)c1. The Morgan fingerprint density at radius 2 is 1.89 bits per heavy atom. The van der Waals surface area contributed by atoms with Crippen LogP contribution < -0.4 is 10.6 Å². The van der Waals surface area contributed by atoms with Crippen molar-refractivity contribution in [3.05, 3.63) is 18.5 Å². The van der Waals surface area contributed by atoms with Gasteiger partial charge in [-0.3, -0.25) is 4.98 Å². The van der Waals surface area contributed by atoms with Crippen LogP contribution in [0.1, 0.15) is 20.8 Å². The van der Waals surface area contributed by atoms with E-state index < -0.39 is 0 Å². The van der Waals surface area contributed by atoms with Crippen molar-refractivity contribution in [3.8, 4) is 0 Å². The smallest absolute Gasteiger partial charge is 0.0550 e. The average Bonchev–Trinajstić information content (AvgIpc) is 2.28. The van der Waals surface area contributed by atoms with Gasteiger partial charge in [0.1, 0.15) is 0 Å². The second-order valence-corrected chi connectivity index (χ2v) is 5.25. The molecule has 0 amide bonds. The lowest BCUT2D eigenvalue weighted by molar-refractivity contribution is 0.344. The van der Waals surface area contributed by atoms with Crippen LogP contribution in [0.15, 0.2) is 18.5 Å². The van der Waals surface area contributed by atoms with Gasteiger partial charge in [0.25, 0.3) is 0 Å². The van der Waals surface area contributed by atoms with Gasteiger partial charge >= 0.3 is 0 Å². The summed E-state index contributed by atoms with van der Waals surface area (Å²) in [6, 6.07) is 2.54. The molecule has 2 N–H and O–H groups in total. The van der Waals surface area contributed by atoms with Crippen molar-refractivity contribution in [1.29, 1.82) is 0 Å². The summed E-state index contributed by atoms with van der Waals surface area (Å²) in [6.45, 7) is 8.49. The molecule has 0 radical (unpaired) electrons. The molecule has 102 valence electrons. The minimum Gasteiger partial charge on any atom is -0.384 e. The Balaban J connectivity index is 2.70. The standard InChI is InChI=1S/C14H26N4/c1-6-16-12-7-13(9-15-8-12)17-14(11(2)3)10-18(4)5/h7-9,11,14,16-17H,6,10H2,1-5H3. The third-order valence-electron chi connectivity index (χ3n) is 2.84. The Morgan fingerprint density at radius 1 is 1.22 bits per heavy atom. The van der Waals surface area contributed by atoms with Crippen molar-refractivity contribution < 1.29 is 0 Å². The van der Waals surface area contributed by atoms with Crippen LogP contribution in [-0.4, -0.2) is 43.1 Å². The first-order valence-electron chi connectivity index (χ1n) is 6.63. The Bertz CT molecular complexity index is 349. The maximum atomic E-state index is 4.26. The van der Waals surface area contributed by atoms with Gasteiger partial charge in [0, 0.05) is 19.1 Å². The fourth-order valence-corrected chi connectivity index (χ4v) is 1.85. The maximum Gasteiger partial charge on any atom is 0.0550 e. The summed E-state index contributed by atoms with van der Waals surface area (Å²) in [5.41, 5.74) is 2.14. The predicted molar refractivity (Wildman–Crippen MR) is 79.2 cm³/mol. The number of anilines is 2. The van der Waals surface area contributed by atoms with Gasteiger partial charge in [-0.25, -0.2) is 0 Å². The molecule has 1 aromatic rings. The van der Waals surface area contributed by atoms with E-state index in [0.717, 1.165) is 24.5 Å². The van der Waals surface area contributed by atoms with E-state index >= 15 is 0 Å². The third-order valence-corrected chi connectivity index (χ3v) is 2.84. The Hall–Kier alpha value is -1.29. The van der Waals surface area contributed by atoms with Gasteiger partial charge in [-0.2, -0.15) is 0 Å². The highest BCUT2D eigenvalue weighted by Crippen LogP contribution is 2.16. The number of nitrogens with zero attached hydrogens (tertiary/aromatic N) is 2. The van der Waals surface area contributed by atoms with Crippen LogP contribution in [0, 0.1) is 5.92 Å². The molecule has 0 aliphatic heterocycles. The molecule has 0 fully saturated rings. The van der Waals surface area contributed by atoms with Crippen LogP contribution in [0.25, 0.3) is 0 Å². The third kappa shape index (κ3) is 4.92. The van der Waals surface area contributed by atoms with Gasteiger partial charge in [-0.05, 0) is 33.0 Å². The lowest BCUT2D eigenvalue weighted by atomic mass is 10.0. The molecule has 1 heterocycles. The number of hydrogen-bond acceptors (Lipinski definition) is 4. The second-order valence-electron chi connectivity index (χ2n) is 5.25. The molecule has 1 aromatic heterocycles. The lowest BCUT2D eigenvalue weighted by Crippen LogP contribution is -2.36. The largest absolute Gasteiger partial charge is 0.384 e. The first kappa shape index (κ1) is 14.8. The molecule has 0 bridgehead atoms. The average molecular weight is 250 g/mol. The molecule has 1 rings (SSSR count). The molecule has 0 aliphatic carbocycles. The van der Waals surface area contributed by atoms with Crippen LogP contribution in [0.2, 0.25) is 0 Å². The fraction of sp³-hybridized carbons (Fsp3) is 0.643. The number of hydrogen-bond donors (Lipinski definition) is 2. The number of aromatic nitrogens is 1. The van der Waals surface area contributed by atoms with Crippen molar-refractivity contribution >= 4 is 11.4 Å². The van der Waals surface area contributed by atoms with E-state index in [0.29, 0.717) is 12.0 Å².